The number of nitro groups is 1. The van der Waals surface area contributed by atoms with Crippen LogP contribution in [0.5, 0.6) is 11.5 Å². The first-order valence-electron chi connectivity index (χ1n) is 9.73. The van der Waals surface area contributed by atoms with Crippen LogP contribution in [0.15, 0.2) is 66.2 Å². The molecule has 3 aromatic carbocycles. The highest BCUT2D eigenvalue weighted by atomic mass is 35.5. The van der Waals surface area contributed by atoms with Crippen molar-refractivity contribution in [1.29, 1.82) is 5.26 Å². The summed E-state index contributed by atoms with van der Waals surface area (Å²) in [5.74, 6) is 0.0537. The summed E-state index contributed by atoms with van der Waals surface area (Å²) in [4.78, 5) is 23.2. The van der Waals surface area contributed by atoms with E-state index in [9.17, 15) is 20.2 Å². The minimum absolute atomic E-state index is 0.0528. The lowest BCUT2D eigenvalue weighted by atomic mass is 10.1. The first kappa shape index (κ1) is 24.6. The largest absolute Gasteiger partial charge is 0.496 e. The van der Waals surface area contributed by atoms with Gasteiger partial charge in [-0.05, 0) is 53.6 Å². The Balaban J connectivity index is 1.70. The minimum Gasteiger partial charge on any atom is -0.496 e. The van der Waals surface area contributed by atoms with E-state index in [0.29, 0.717) is 21.4 Å². The number of halogens is 2. The number of amides is 1. The number of carbonyl (C=O) groups is 1. The second-order valence-corrected chi connectivity index (χ2v) is 7.68. The van der Waals surface area contributed by atoms with Gasteiger partial charge in [-0.15, -0.1) is 0 Å². The summed E-state index contributed by atoms with van der Waals surface area (Å²) >= 11 is 11.9. The van der Waals surface area contributed by atoms with E-state index in [4.69, 9.17) is 32.7 Å². The summed E-state index contributed by atoms with van der Waals surface area (Å²) in [5.41, 5.74) is 0.776. The SMILES string of the molecule is COc1ccc(NC(=O)/C(C#N)=C/c2ccc(OCc3ccc(Cl)c(Cl)c3)cc2)c([N+](=O)[O-])c1. The zero-order chi connectivity index (χ0) is 24.7. The van der Waals surface area contributed by atoms with Gasteiger partial charge in [0.2, 0.25) is 0 Å². The van der Waals surface area contributed by atoms with E-state index in [0.717, 1.165) is 5.56 Å². The van der Waals surface area contributed by atoms with Crippen molar-refractivity contribution in [2.75, 3.05) is 12.4 Å². The molecule has 0 spiro atoms. The Morgan fingerprint density at radius 3 is 2.41 bits per heavy atom. The lowest BCUT2D eigenvalue weighted by Gasteiger charge is -2.08. The molecule has 0 aromatic heterocycles. The molecule has 0 heterocycles. The summed E-state index contributed by atoms with van der Waals surface area (Å²) in [5, 5.41) is 24.0. The number of nitrogens with zero attached hydrogens (tertiary/aromatic N) is 2. The number of hydrogen-bond acceptors (Lipinski definition) is 6. The van der Waals surface area contributed by atoms with Crippen LogP contribution >= 0.6 is 23.2 Å². The smallest absolute Gasteiger partial charge is 0.296 e. The molecule has 0 aliphatic rings. The van der Waals surface area contributed by atoms with Crippen LogP contribution in [-0.2, 0) is 11.4 Å². The fourth-order valence-electron chi connectivity index (χ4n) is 2.86. The normalized spacial score (nSPS) is 10.8. The maximum Gasteiger partial charge on any atom is 0.296 e. The Morgan fingerprint density at radius 2 is 1.79 bits per heavy atom. The van der Waals surface area contributed by atoms with Crippen LogP contribution in [0.4, 0.5) is 11.4 Å². The lowest BCUT2D eigenvalue weighted by Crippen LogP contribution is -2.14. The van der Waals surface area contributed by atoms with Gasteiger partial charge in [-0.2, -0.15) is 5.26 Å². The number of methoxy groups -OCH3 is 1. The van der Waals surface area contributed by atoms with Gasteiger partial charge in [0.1, 0.15) is 35.4 Å². The van der Waals surface area contributed by atoms with Gasteiger partial charge in [-0.3, -0.25) is 14.9 Å². The number of nitriles is 1. The number of hydrogen-bond donors (Lipinski definition) is 1. The number of anilines is 1. The molecule has 34 heavy (non-hydrogen) atoms. The Labute approximate surface area is 205 Å². The van der Waals surface area contributed by atoms with Gasteiger partial charge in [0.25, 0.3) is 11.6 Å². The molecule has 0 saturated carbocycles. The van der Waals surface area contributed by atoms with Crippen molar-refractivity contribution in [3.8, 4) is 17.6 Å². The van der Waals surface area contributed by atoms with Crippen LogP contribution in [-0.4, -0.2) is 17.9 Å². The zero-order valence-corrected chi connectivity index (χ0v) is 19.3. The van der Waals surface area contributed by atoms with Crippen molar-refractivity contribution in [3.05, 3.63) is 97.5 Å². The second kappa shape index (κ2) is 11.2. The fourth-order valence-corrected chi connectivity index (χ4v) is 3.18. The summed E-state index contributed by atoms with van der Waals surface area (Å²) in [6.45, 7) is 0.276. The average Bonchev–Trinajstić information content (AvgIpc) is 2.84. The van der Waals surface area contributed by atoms with Crippen molar-refractivity contribution < 1.29 is 19.2 Å². The van der Waals surface area contributed by atoms with Crippen LogP contribution < -0.4 is 14.8 Å². The highest BCUT2D eigenvalue weighted by Gasteiger charge is 2.19. The molecule has 3 aromatic rings. The molecule has 0 aliphatic heterocycles. The number of benzene rings is 3. The van der Waals surface area contributed by atoms with Crippen LogP contribution in [0.25, 0.3) is 6.08 Å². The number of ether oxygens (including phenoxy) is 2. The molecule has 1 amide bonds. The molecule has 0 fully saturated rings. The van der Waals surface area contributed by atoms with Crippen molar-refractivity contribution in [3.63, 3.8) is 0 Å². The topological polar surface area (TPSA) is 114 Å². The molecule has 0 bridgehead atoms. The van der Waals surface area contributed by atoms with Crippen LogP contribution in [0.3, 0.4) is 0 Å². The van der Waals surface area contributed by atoms with Crippen LogP contribution in [0.1, 0.15) is 11.1 Å². The van der Waals surface area contributed by atoms with Gasteiger partial charge in [0.15, 0.2) is 0 Å². The van der Waals surface area contributed by atoms with E-state index in [1.54, 1.807) is 42.5 Å². The number of nitrogens with one attached hydrogen (secondary N) is 1. The predicted octanol–water partition coefficient (Wildman–Crippen LogP) is 6.03. The molecule has 0 saturated heterocycles. The Bertz CT molecular complexity index is 1300. The highest BCUT2D eigenvalue weighted by molar-refractivity contribution is 6.42. The number of rotatable bonds is 8. The Hall–Kier alpha value is -4.06. The number of nitro benzene ring substituents is 1. The van der Waals surface area contributed by atoms with Gasteiger partial charge in [0, 0.05) is 0 Å². The van der Waals surface area contributed by atoms with E-state index in [2.05, 4.69) is 5.32 Å². The molecule has 0 atom stereocenters. The van der Waals surface area contributed by atoms with Crippen molar-refractivity contribution in [2.45, 2.75) is 6.61 Å². The highest BCUT2D eigenvalue weighted by Crippen LogP contribution is 2.29. The van der Waals surface area contributed by atoms with Crippen molar-refractivity contribution in [2.24, 2.45) is 0 Å². The summed E-state index contributed by atoms with van der Waals surface area (Å²) in [6, 6.07) is 17.7. The van der Waals surface area contributed by atoms with Gasteiger partial charge < -0.3 is 14.8 Å². The third-order valence-electron chi connectivity index (χ3n) is 4.60. The van der Waals surface area contributed by atoms with Gasteiger partial charge >= 0.3 is 0 Å². The third-order valence-corrected chi connectivity index (χ3v) is 5.33. The molecule has 10 heteroatoms. The molecule has 0 aliphatic carbocycles. The summed E-state index contributed by atoms with van der Waals surface area (Å²) in [7, 11) is 1.37. The van der Waals surface area contributed by atoms with Gasteiger partial charge in [-0.25, -0.2) is 0 Å². The Kier molecular flexibility index (Phi) is 8.09. The summed E-state index contributed by atoms with van der Waals surface area (Å²) < 4.78 is 10.7. The van der Waals surface area contributed by atoms with E-state index < -0.39 is 10.8 Å². The van der Waals surface area contributed by atoms with E-state index >= 15 is 0 Å². The fraction of sp³-hybridized carbons (Fsp3) is 0.0833. The maximum absolute atomic E-state index is 12.6. The Morgan fingerprint density at radius 1 is 1.09 bits per heavy atom. The number of carbonyl (C=O) groups excluding carboxylic acids is 1. The molecular weight excluding hydrogens is 481 g/mol. The average molecular weight is 498 g/mol. The molecule has 0 unspecified atom stereocenters. The minimum atomic E-state index is -0.782. The quantitative estimate of drug-likeness (QED) is 0.175. The van der Waals surface area contributed by atoms with E-state index in [1.807, 2.05) is 6.07 Å². The standard InChI is InChI=1S/C24H17Cl2N3O5/c1-33-19-7-9-22(23(12-19)29(31)32)28-24(30)17(13-27)10-15-2-5-18(6-3-15)34-14-16-4-8-20(25)21(26)11-16/h2-12H,14H2,1H3,(H,28,30)/b17-10+. The first-order valence-corrected chi connectivity index (χ1v) is 10.5. The predicted molar refractivity (Wildman–Crippen MR) is 129 cm³/mol. The third kappa shape index (κ3) is 6.25. The lowest BCUT2D eigenvalue weighted by molar-refractivity contribution is -0.384. The van der Waals surface area contributed by atoms with Crippen molar-refractivity contribution >= 4 is 46.6 Å². The van der Waals surface area contributed by atoms with Gasteiger partial charge in [-0.1, -0.05) is 41.4 Å². The molecule has 1 N–H and O–H groups in total. The molecule has 0 radical (unpaired) electrons. The summed E-state index contributed by atoms with van der Waals surface area (Å²) in [6.07, 6.45) is 1.37. The van der Waals surface area contributed by atoms with E-state index in [1.165, 1.54) is 31.4 Å². The van der Waals surface area contributed by atoms with Crippen LogP contribution in [0.2, 0.25) is 10.0 Å². The van der Waals surface area contributed by atoms with Crippen LogP contribution in [0, 0.1) is 21.4 Å². The second-order valence-electron chi connectivity index (χ2n) is 6.87. The molecule has 8 nitrogen and oxygen atoms in total. The van der Waals surface area contributed by atoms with E-state index in [-0.39, 0.29) is 29.3 Å². The molecule has 172 valence electrons. The van der Waals surface area contributed by atoms with Crippen molar-refractivity contribution in [1.82, 2.24) is 0 Å². The monoisotopic (exact) mass is 497 g/mol. The molecular formula is C24H17Cl2N3O5. The zero-order valence-electron chi connectivity index (χ0n) is 17.7. The first-order chi connectivity index (χ1) is 16.3. The maximum atomic E-state index is 12.6. The van der Waals surface area contributed by atoms with Gasteiger partial charge in [0.05, 0.1) is 28.1 Å². The molecule has 3 rings (SSSR count).